The molecule has 1 aromatic carbocycles. The van der Waals surface area contributed by atoms with Gasteiger partial charge in [-0.25, -0.2) is 0 Å². The van der Waals surface area contributed by atoms with Gasteiger partial charge in [-0.1, -0.05) is 13.8 Å². The minimum atomic E-state index is 0.372. The molecule has 0 saturated carbocycles. The number of aromatic amines is 1. The standard InChI is InChI=1S/C10H14N4/c1-5(2)6-3-8(11)10-7(9(6)12)4-13-14-10/h3-5H,11-12H2,1-2H3,(H,13,14). The molecule has 4 nitrogen and oxygen atoms in total. The summed E-state index contributed by atoms with van der Waals surface area (Å²) in [6, 6.07) is 1.92. The van der Waals surface area contributed by atoms with Crippen molar-refractivity contribution in [3.8, 4) is 0 Å². The smallest absolute Gasteiger partial charge is 0.0900 e. The number of fused-ring (bicyclic) bond motifs is 1. The maximum Gasteiger partial charge on any atom is 0.0900 e. The van der Waals surface area contributed by atoms with Crippen molar-refractivity contribution >= 4 is 22.3 Å². The van der Waals surface area contributed by atoms with Crippen LogP contribution >= 0.6 is 0 Å². The average Bonchev–Trinajstić information content (AvgIpc) is 2.59. The maximum absolute atomic E-state index is 6.02. The van der Waals surface area contributed by atoms with Crippen LogP contribution in [0.4, 0.5) is 11.4 Å². The summed E-state index contributed by atoms with van der Waals surface area (Å²) >= 11 is 0. The fourth-order valence-corrected chi connectivity index (χ4v) is 1.66. The molecule has 0 radical (unpaired) electrons. The van der Waals surface area contributed by atoms with Crippen LogP contribution in [-0.4, -0.2) is 10.2 Å². The van der Waals surface area contributed by atoms with E-state index in [0.717, 1.165) is 22.2 Å². The Labute approximate surface area is 82.3 Å². The Balaban J connectivity index is 2.82. The SMILES string of the molecule is CC(C)c1cc(N)c2[nH]ncc2c1N. The van der Waals surface area contributed by atoms with E-state index in [4.69, 9.17) is 11.5 Å². The van der Waals surface area contributed by atoms with Crippen LogP contribution in [0.1, 0.15) is 25.3 Å². The van der Waals surface area contributed by atoms with Crippen molar-refractivity contribution in [3.63, 3.8) is 0 Å². The highest BCUT2D eigenvalue weighted by Crippen LogP contribution is 2.32. The van der Waals surface area contributed by atoms with E-state index >= 15 is 0 Å². The van der Waals surface area contributed by atoms with Crippen molar-refractivity contribution in [2.75, 3.05) is 11.5 Å². The molecule has 1 heterocycles. The molecule has 0 unspecified atom stereocenters. The van der Waals surface area contributed by atoms with E-state index in [1.807, 2.05) is 6.07 Å². The number of hydrogen-bond donors (Lipinski definition) is 3. The number of rotatable bonds is 1. The predicted octanol–water partition coefficient (Wildman–Crippen LogP) is 1.85. The van der Waals surface area contributed by atoms with E-state index < -0.39 is 0 Å². The number of H-pyrrole nitrogens is 1. The van der Waals surface area contributed by atoms with Crippen LogP contribution in [0.25, 0.3) is 10.9 Å². The molecule has 0 fully saturated rings. The highest BCUT2D eigenvalue weighted by Gasteiger charge is 2.11. The van der Waals surface area contributed by atoms with Gasteiger partial charge in [0.25, 0.3) is 0 Å². The van der Waals surface area contributed by atoms with Crippen LogP contribution in [0.2, 0.25) is 0 Å². The summed E-state index contributed by atoms with van der Waals surface area (Å²) in [7, 11) is 0. The summed E-state index contributed by atoms with van der Waals surface area (Å²) < 4.78 is 0. The number of nitrogens with two attached hydrogens (primary N) is 2. The summed E-state index contributed by atoms with van der Waals surface area (Å²) in [6.07, 6.45) is 1.72. The van der Waals surface area contributed by atoms with Crippen molar-refractivity contribution < 1.29 is 0 Å². The molecular formula is C10H14N4. The van der Waals surface area contributed by atoms with Crippen LogP contribution in [0.15, 0.2) is 12.3 Å². The van der Waals surface area contributed by atoms with Gasteiger partial charge in [0.2, 0.25) is 0 Å². The first-order valence-electron chi connectivity index (χ1n) is 4.62. The molecule has 4 heteroatoms. The second-order valence-electron chi connectivity index (χ2n) is 3.78. The minimum Gasteiger partial charge on any atom is -0.398 e. The topological polar surface area (TPSA) is 80.7 Å². The number of nitrogens with zero attached hydrogens (tertiary/aromatic N) is 1. The molecule has 14 heavy (non-hydrogen) atoms. The second-order valence-corrected chi connectivity index (χ2v) is 3.78. The third-order valence-electron chi connectivity index (χ3n) is 2.46. The lowest BCUT2D eigenvalue weighted by molar-refractivity contribution is 0.872. The van der Waals surface area contributed by atoms with Crippen molar-refractivity contribution in [3.05, 3.63) is 17.8 Å². The molecule has 0 bridgehead atoms. The monoisotopic (exact) mass is 190 g/mol. The first-order valence-corrected chi connectivity index (χ1v) is 4.62. The van der Waals surface area contributed by atoms with Gasteiger partial charge in [-0.3, -0.25) is 5.10 Å². The molecule has 0 atom stereocenters. The summed E-state index contributed by atoms with van der Waals surface area (Å²) in [4.78, 5) is 0. The van der Waals surface area contributed by atoms with Gasteiger partial charge in [0.05, 0.1) is 17.4 Å². The lowest BCUT2D eigenvalue weighted by atomic mass is 9.98. The highest BCUT2D eigenvalue weighted by molar-refractivity contribution is 5.99. The van der Waals surface area contributed by atoms with E-state index in [9.17, 15) is 0 Å². The van der Waals surface area contributed by atoms with Gasteiger partial charge in [0.15, 0.2) is 0 Å². The van der Waals surface area contributed by atoms with E-state index in [2.05, 4.69) is 24.0 Å². The summed E-state index contributed by atoms with van der Waals surface area (Å²) in [5, 5.41) is 7.69. The molecule has 0 saturated heterocycles. The van der Waals surface area contributed by atoms with Crippen molar-refractivity contribution in [2.45, 2.75) is 19.8 Å². The van der Waals surface area contributed by atoms with Gasteiger partial charge < -0.3 is 11.5 Å². The Bertz CT molecular complexity index is 470. The first kappa shape index (κ1) is 8.87. The molecule has 0 aliphatic carbocycles. The van der Waals surface area contributed by atoms with Crippen molar-refractivity contribution in [1.29, 1.82) is 0 Å². The van der Waals surface area contributed by atoms with Crippen molar-refractivity contribution in [2.24, 2.45) is 0 Å². The van der Waals surface area contributed by atoms with Crippen LogP contribution in [0.3, 0.4) is 0 Å². The molecule has 2 rings (SSSR count). The Morgan fingerprint density at radius 1 is 1.36 bits per heavy atom. The number of anilines is 2. The number of benzene rings is 1. The number of hydrogen-bond acceptors (Lipinski definition) is 3. The fourth-order valence-electron chi connectivity index (χ4n) is 1.66. The zero-order valence-electron chi connectivity index (χ0n) is 8.33. The number of nitrogen functional groups attached to an aromatic ring is 2. The second kappa shape index (κ2) is 2.90. The Morgan fingerprint density at radius 2 is 2.07 bits per heavy atom. The summed E-state index contributed by atoms with van der Waals surface area (Å²) in [6.45, 7) is 4.19. The van der Waals surface area contributed by atoms with Gasteiger partial charge in [-0.05, 0) is 17.5 Å². The minimum absolute atomic E-state index is 0.372. The zero-order valence-corrected chi connectivity index (χ0v) is 8.33. The van der Waals surface area contributed by atoms with Gasteiger partial charge in [-0.2, -0.15) is 5.10 Å². The highest BCUT2D eigenvalue weighted by atomic mass is 15.1. The van der Waals surface area contributed by atoms with Crippen LogP contribution < -0.4 is 11.5 Å². The van der Waals surface area contributed by atoms with Crippen molar-refractivity contribution in [1.82, 2.24) is 10.2 Å². The lowest BCUT2D eigenvalue weighted by Gasteiger charge is -2.11. The molecule has 0 amide bonds. The Kier molecular flexibility index (Phi) is 1.84. The van der Waals surface area contributed by atoms with E-state index in [0.29, 0.717) is 11.6 Å². The normalized spacial score (nSPS) is 11.4. The molecule has 74 valence electrons. The van der Waals surface area contributed by atoms with Crippen LogP contribution in [0.5, 0.6) is 0 Å². The van der Waals surface area contributed by atoms with E-state index in [1.54, 1.807) is 6.20 Å². The van der Waals surface area contributed by atoms with Crippen LogP contribution in [-0.2, 0) is 0 Å². The molecule has 2 aromatic rings. The van der Waals surface area contributed by atoms with Gasteiger partial charge >= 0.3 is 0 Å². The molecule has 0 spiro atoms. The quantitative estimate of drug-likeness (QED) is 0.600. The van der Waals surface area contributed by atoms with E-state index in [-0.39, 0.29) is 0 Å². The molecule has 5 N–H and O–H groups in total. The van der Waals surface area contributed by atoms with Gasteiger partial charge in [0.1, 0.15) is 0 Å². The van der Waals surface area contributed by atoms with Gasteiger partial charge in [-0.15, -0.1) is 0 Å². The molecular weight excluding hydrogens is 176 g/mol. The molecule has 0 aliphatic rings. The lowest BCUT2D eigenvalue weighted by Crippen LogP contribution is -1.99. The third kappa shape index (κ3) is 1.11. The molecule has 1 aromatic heterocycles. The van der Waals surface area contributed by atoms with Gasteiger partial charge in [0, 0.05) is 11.1 Å². The van der Waals surface area contributed by atoms with Crippen LogP contribution in [0, 0.1) is 0 Å². The third-order valence-corrected chi connectivity index (χ3v) is 2.46. The number of aromatic nitrogens is 2. The summed E-state index contributed by atoms with van der Waals surface area (Å²) in [5.41, 5.74) is 15.3. The average molecular weight is 190 g/mol. The maximum atomic E-state index is 6.02. The molecule has 0 aliphatic heterocycles. The predicted molar refractivity (Wildman–Crippen MR) is 59.0 cm³/mol. The van der Waals surface area contributed by atoms with E-state index in [1.165, 1.54) is 0 Å². The fraction of sp³-hybridized carbons (Fsp3) is 0.300. The Hall–Kier alpha value is -1.71. The number of nitrogens with one attached hydrogen (secondary N) is 1. The largest absolute Gasteiger partial charge is 0.398 e. The summed E-state index contributed by atoms with van der Waals surface area (Å²) in [5.74, 6) is 0.372. The first-order chi connectivity index (χ1) is 6.61. The zero-order chi connectivity index (χ0) is 10.3. The Morgan fingerprint density at radius 3 is 2.71 bits per heavy atom.